The molecule has 0 spiro atoms. The number of halogens is 3. The Bertz CT molecular complexity index is 903. The van der Waals surface area contributed by atoms with Gasteiger partial charge in [-0.3, -0.25) is 5.10 Å². The molecule has 5 nitrogen and oxygen atoms in total. The van der Waals surface area contributed by atoms with Crippen molar-refractivity contribution in [3.05, 3.63) is 46.0 Å². The number of hydrogen-bond donors (Lipinski definition) is 1. The molecule has 0 amide bonds. The molecule has 1 aliphatic rings. The molecule has 1 N–H and O–H groups in total. The number of rotatable bonds is 4. The molecule has 1 aliphatic heterocycles. The molecule has 2 heterocycles. The van der Waals surface area contributed by atoms with Gasteiger partial charge in [-0.1, -0.05) is 17.7 Å². The van der Waals surface area contributed by atoms with Crippen molar-refractivity contribution in [2.75, 3.05) is 13.1 Å². The van der Waals surface area contributed by atoms with Crippen LogP contribution in [0.2, 0.25) is 5.02 Å². The van der Waals surface area contributed by atoms with E-state index in [0.717, 1.165) is 6.07 Å². The molecule has 1 saturated heterocycles. The van der Waals surface area contributed by atoms with Crippen LogP contribution in [0.3, 0.4) is 0 Å². The highest BCUT2D eigenvalue weighted by molar-refractivity contribution is 7.89. The molecule has 9 heteroatoms. The predicted octanol–water partition coefficient (Wildman–Crippen LogP) is 3.55. The molecule has 142 valence electrons. The smallest absolute Gasteiger partial charge is 0.246 e. The average molecular weight is 404 g/mol. The van der Waals surface area contributed by atoms with E-state index in [1.807, 2.05) is 0 Å². The van der Waals surface area contributed by atoms with Gasteiger partial charge in [-0.25, -0.2) is 17.2 Å². The number of aryl methyl sites for hydroxylation is 2. The fraction of sp³-hybridized carbons (Fsp3) is 0.471. The standard InChI is InChI=1S/C17H20ClF2N3O2S/c1-11-16(12(2)22-21-11)26(24,25)23-7-5-17(20,6-8-23)10-13-3-4-14(18)9-15(13)19/h3-4,9H,5-8,10H2,1-2H3,(H,21,22). The number of nitrogens with one attached hydrogen (secondary N) is 1. The lowest BCUT2D eigenvalue weighted by Crippen LogP contribution is -2.45. The molecule has 26 heavy (non-hydrogen) atoms. The van der Waals surface area contributed by atoms with Gasteiger partial charge in [0.2, 0.25) is 10.0 Å². The minimum atomic E-state index is -3.74. The molecule has 3 rings (SSSR count). The van der Waals surface area contributed by atoms with Gasteiger partial charge in [-0.15, -0.1) is 0 Å². The van der Waals surface area contributed by atoms with Gasteiger partial charge in [0.25, 0.3) is 0 Å². The second kappa shape index (κ2) is 6.90. The second-order valence-electron chi connectivity index (χ2n) is 6.73. The molecule has 1 fully saturated rings. The summed E-state index contributed by atoms with van der Waals surface area (Å²) in [5, 5.41) is 6.84. The first kappa shape index (κ1) is 19.3. The van der Waals surface area contributed by atoms with E-state index >= 15 is 4.39 Å². The number of alkyl halides is 1. The van der Waals surface area contributed by atoms with E-state index in [0.29, 0.717) is 11.4 Å². The molecule has 1 aromatic carbocycles. The van der Waals surface area contributed by atoms with Crippen LogP contribution in [0.15, 0.2) is 23.1 Å². The number of aromatic amines is 1. The molecule has 0 unspecified atom stereocenters. The highest BCUT2D eigenvalue weighted by Gasteiger charge is 2.40. The lowest BCUT2D eigenvalue weighted by molar-refractivity contribution is 0.0879. The summed E-state index contributed by atoms with van der Waals surface area (Å²) in [4.78, 5) is 0.146. The minimum absolute atomic E-state index is 0.00421. The summed E-state index contributed by atoms with van der Waals surface area (Å²) in [5.41, 5.74) is -0.554. The van der Waals surface area contributed by atoms with Crippen molar-refractivity contribution in [2.45, 2.75) is 43.7 Å². The first-order valence-corrected chi connectivity index (χ1v) is 10.1. The Morgan fingerprint density at radius 2 is 1.96 bits per heavy atom. The summed E-state index contributed by atoms with van der Waals surface area (Å²) in [6.07, 6.45) is -0.0951. The van der Waals surface area contributed by atoms with E-state index in [1.165, 1.54) is 16.4 Å². The Morgan fingerprint density at radius 1 is 1.31 bits per heavy atom. The number of sulfonamides is 1. The van der Waals surface area contributed by atoms with Crippen molar-refractivity contribution in [3.63, 3.8) is 0 Å². The predicted molar refractivity (Wildman–Crippen MR) is 95.0 cm³/mol. The van der Waals surface area contributed by atoms with Crippen LogP contribution in [0.5, 0.6) is 0 Å². The van der Waals surface area contributed by atoms with E-state index in [4.69, 9.17) is 11.6 Å². The highest BCUT2D eigenvalue weighted by Crippen LogP contribution is 2.34. The topological polar surface area (TPSA) is 66.1 Å². The quantitative estimate of drug-likeness (QED) is 0.848. The molecule has 0 atom stereocenters. The summed E-state index contributed by atoms with van der Waals surface area (Å²) < 4.78 is 56.0. The Balaban J connectivity index is 1.74. The van der Waals surface area contributed by atoms with Crippen LogP contribution in [-0.2, 0) is 16.4 Å². The number of hydrogen-bond acceptors (Lipinski definition) is 3. The third-order valence-corrected chi connectivity index (χ3v) is 7.20. The first-order valence-electron chi connectivity index (χ1n) is 8.27. The van der Waals surface area contributed by atoms with Crippen molar-refractivity contribution in [1.82, 2.24) is 14.5 Å². The summed E-state index contributed by atoms with van der Waals surface area (Å²) in [6.45, 7) is 3.33. The van der Waals surface area contributed by atoms with Gasteiger partial charge in [-0.05, 0) is 44.4 Å². The Hall–Kier alpha value is -1.51. The number of benzene rings is 1. The number of aromatic nitrogens is 2. The van der Waals surface area contributed by atoms with Gasteiger partial charge >= 0.3 is 0 Å². The lowest BCUT2D eigenvalue weighted by atomic mass is 9.87. The van der Waals surface area contributed by atoms with E-state index in [-0.39, 0.29) is 47.8 Å². The van der Waals surface area contributed by atoms with Crippen LogP contribution < -0.4 is 0 Å². The number of piperidine rings is 1. The van der Waals surface area contributed by atoms with Crippen LogP contribution in [-0.4, -0.2) is 41.7 Å². The number of H-pyrrole nitrogens is 1. The molecule has 2 aromatic rings. The zero-order valence-corrected chi connectivity index (χ0v) is 16.1. The van der Waals surface area contributed by atoms with E-state index in [2.05, 4.69) is 10.2 Å². The van der Waals surface area contributed by atoms with E-state index in [9.17, 15) is 12.8 Å². The summed E-state index contributed by atoms with van der Waals surface area (Å²) >= 11 is 5.72. The fourth-order valence-corrected chi connectivity index (χ4v) is 5.29. The van der Waals surface area contributed by atoms with Gasteiger partial charge < -0.3 is 0 Å². The summed E-state index contributed by atoms with van der Waals surface area (Å²) in [5.74, 6) is -0.547. The normalized spacial score (nSPS) is 18.2. The SMILES string of the molecule is Cc1n[nH]c(C)c1S(=O)(=O)N1CCC(F)(Cc2ccc(Cl)cc2F)CC1. The first-order chi connectivity index (χ1) is 12.1. The van der Waals surface area contributed by atoms with Gasteiger partial charge in [0.15, 0.2) is 0 Å². The highest BCUT2D eigenvalue weighted by atomic mass is 35.5. The van der Waals surface area contributed by atoms with Gasteiger partial charge in [-0.2, -0.15) is 9.40 Å². The lowest BCUT2D eigenvalue weighted by Gasteiger charge is -2.35. The van der Waals surface area contributed by atoms with Crippen molar-refractivity contribution < 1.29 is 17.2 Å². The Morgan fingerprint density at radius 3 is 2.50 bits per heavy atom. The van der Waals surface area contributed by atoms with Crippen LogP contribution in [0.25, 0.3) is 0 Å². The largest absolute Gasteiger partial charge is 0.281 e. The van der Waals surface area contributed by atoms with E-state index < -0.39 is 21.5 Å². The molecule has 0 aliphatic carbocycles. The van der Waals surface area contributed by atoms with Crippen molar-refractivity contribution in [3.8, 4) is 0 Å². The van der Waals surface area contributed by atoms with Crippen molar-refractivity contribution >= 4 is 21.6 Å². The monoisotopic (exact) mass is 403 g/mol. The van der Waals surface area contributed by atoms with Gasteiger partial charge in [0.05, 0.1) is 11.4 Å². The molecular weight excluding hydrogens is 384 g/mol. The zero-order chi connectivity index (χ0) is 19.1. The molecule has 0 saturated carbocycles. The average Bonchev–Trinajstić information content (AvgIpc) is 2.90. The summed E-state index contributed by atoms with van der Waals surface area (Å²) in [6, 6.07) is 4.15. The van der Waals surface area contributed by atoms with Gasteiger partial charge in [0.1, 0.15) is 16.4 Å². The van der Waals surface area contributed by atoms with Crippen molar-refractivity contribution in [1.29, 1.82) is 0 Å². The third-order valence-electron chi connectivity index (χ3n) is 4.80. The van der Waals surface area contributed by atoms with Crippen LogP contribution in [0.1, 0.15) is 29.8 Å². The fourth-order valence-electron chi connectivity index (χ4n) is 3.36. The van der Waals surface area contributed by atoms with Crippen LogP contribution in [0.4, 0.5) is 8.78 Å². The molecule has 1 aromatic heterocycles. The van der Waals surface area contributed by atoms with Gasteiger partial charge in [0, 0.05) is 24.5 Å². The maximum absolute atomic E-state index is 15.2. The van der Waals surface area contributed by atoms with Crippen LogP contribution in [0, 0.1) is 19.7 Å². The maximum Gasteiger partial charge on any atom is 0.246 e. The molecular formula is C17H20ClF2N3O2S. The maximum atomic E-state index is 15.2. The second-order valence-corrected chi connectivity index (χ2v) is 9.04. The number of nitrogens with zero attached hydrogens (tertiary/aromatic N) is 2. The third kappa shape index (κ3) is 3.63. The van der Waals surface area contributed by atoms with E-state index in [1.54, 1.807) is 13.8 Å². The zero-order valence-electron chi connectivity index (χ0n) is 14.5. The van der Waals surface area contributed by atoms with Crippen LogP contribution >= 0.6 is 11.6 Å². The Labute approximate surface area is 156 Å². The molecule has 0 radical (unpaired) electrons. The minimum Gasteiger partial charge on any atom is -0.281 e. The van der Waals surface area contributed by atoms with Crippen molar-refractivity contribution in [2.24, 2.45) is 0 Å². The molecule has 0 bridgehead atoms. The summed E-state index contributed by atoms with van der Waals surface area (Å²) in [7, 11) is -3.74. The Kier molecular flexibility index (Phi) is 5.11.